The van der Waals surface area contributed by atoms with Gasteiger partial charge in [-0.15, -0.1) is 0 Å². The van der Waals surface area contributed by atoms with Crippen LogP contribution in [0.1, 0.15) is 38.5 Å². The molecule has 0 aliphatic heterocycles. The van der Waals surface area contributed by atoms with Gasteiger partial charge < -0.3 is 20.9 Å². The molecule has 0 aromatic heterocycles. The summed E-state index contributed by atoms with van der Waals surface area (Å²) in [7, 11) is 2.82. The molecule has 4 N–H and O–H groups in total. The van der Waals surface area contributed by atoms with Crippen LogP contribution >= 0.6 is 0 Å². The molecule has 20 heavy (non-hydrogen) atoms. The first kappa shape index (κ1) is 16.9. The van der Waals surface area contributed by atoms with Crippen molar-refractivity contribution >= 4 is 11.9 Å². The van der Waals surface area contributed by atoms with Crippen molar-refractivity contribution in [3.8, 4) is 0 Å². The molecule has 116 valence electrons. The van der Waals surface area contributed by atoms with Gasteiger partial charge in [0.15, 0.2) is 0 Å². The molecule has 4 atom stereocenters. The van der Waals surface area contributed by atoms with Gasteiger partial charge in [0.1, 0.15) is 0 Å². The lowest BCUT2D eigenvalue weighted by molar-refractivity contribution is -0.146. The SMILES string of the molecule is COC(=O)[C@@H]1CCC[C@@H]1N.COC(=O)[C@H]1CCC[C@H]1N. The van der Waals surface area contributed by atoms with Crippen LogP contribution in [0.5, 0.6) is 0 Å². The maximum atomic E-state index is 10.9. The number of ether oxygens (including phenoxy) is 2. The van der Waals surface area contributed by atoms with E-state index in [0.29, 0.717) is 0 Å². The lowest BCUT2D eigenvalue weighted by atomic mass is 10.1. The smallest absolute Gasteiger partial charge is 0.310 e. The Morgan fingerprint density at radius 2 is 1.15 bits per heavy atom. The van der Waals surface area contributed by atoms with Gasteiger partial charge in [-0.25, -0.2) is 0 Å². The summed E-state index contributed by atoms with van der Waals surface area (Å²) in [5, 5.41) is 0. The Hall–Kier alpha value is -1.14. The lowest BCUT2D eigenvalue weighted by Gasteiger charge is -2.11. The minimum absolute atomic E-state index is 0.0347. The Morgan fingerprint density at radius 1 is 0.800 bits per heavy atom. The summed E-state index contributed by atoms with van der Waals surface area (Å²) in [6.45, 7) is 0. The standard InChI is InChI=1S/2C7H13NO2/c2*1-10-7(9)5-3-2-4-6(5)8/h2*5-6H,2-4,8H2,1H3/t2*5-,6+/m10/s1. The molecule has 0 radical (unpaired) electrons. The molecule has 6 nitrogen and oxygen atoms in total. The summed E-state index contributed by atoms with van der Waals surface area (Å²) < 4.78 is 9.17. The van der Waals surface area contributed by atoms with Crippen LogP contribution in [0.3, 0.4) is 0 Å². The third-order valence-corrected chi connectivity index (χ3v) is 4.15. The number of methoxy groups -OCH3 is 2. The predicted molar refractivity (Wildman–Crippen MR) is 74.7 cm³/mol. The van der Waals surface area contributed by atoms with Crippen molar-refractivity contribution < 1.29 is 19.1 Å². The zero-order valence-electron chi connectivity index (χ0n) is 12.3. The minimum Gasteiger partial charge on any atom is -0.469 e. The van der Waals surface area contributed by atoms with E-state index in [0.717, 1.165) is 38.5 Å². The molecule has 0 spiro atoms. The van der Waals surface area contributed by atoms with E-state index < -0.39 is 0 Å². The quantitative estimate of drug-likeness (QED) is 0.719. The fourth-order valence-electron chi connectivity index (χ4n) is 2.87. The van der Waals surface area contributed by atoms with E-state index in [1.165, 1.54) is 14.2 Å². The van der Waals surface area contributed by atoms with Crippen LogP contribution in [0.2, 0.25) is 0 Å². The molecule has 0 heterocycles. The first-order valence-electron chi connectivity index (χ1n) is 7.18. The summed E-state index contributed by atoms with van der Waals surface area (Å²) in [5.41, 5.74) is 11.3. The highest BCUT2D eigenvalue weighted by Gasteiger charge is 2.31. The van der Waals surface area contributed by atoms with Crippen molar-refractivity contribution in [2.45, 2.75) is 50.6 Å². The van der Waals surface area contributed by atoms with E-state index in [4.69, 9.17) is 11.5 Å². The molecule has 2 aliphatic carbocycles. The van der Waals surface area contributed by atoms with E-state index in [1.54, 1.807) is 0 Å². The largest absolute Gasteiger partial charge is 0.469 e. The summed E-state index contributed by atoms with van der Waals surface area (Å²) >= 11 is 0. The van der Waals surface area contributed by atoms with E-state index in [9.17, 15) is 9.59 Å². The second-order valence-electron chi connectivity index (χ2n) is 5.45. The van der Waals surface area contributed by atoms with Crippen LogP contribution < -0.4 is 11.5 Å². The van der Waals surface area contributed by atoms with E-state index >= 15 is 0 Å². The third-order valence-electron chi connectivity index (χ3n) is 4.15. The summed E-state index contributed by atoms with van der Waals surface area (Å²) in [4.78, 5) is 21.8. The summed E-state index contributed by atoms with van der Waals surface area (Å²) in [6.07, 6.45) is 5.82. The number of nitrogens with two attached hydrogens (primary N) is 2. The van der Waals surface area contributed by atoms with Crippen molar-refractivity contribution in [1.29, 1.82) is 0 Å². The number of hydrogen-bond acceptors (Lipinski definition) is 6. The highest BCUT2D eigenvalue weighted by Crippen LogP contribution is 2.25. The van der Waals surface area contributed by atoms with Crippen LogP contribution in [-0.2, 0) is 19.1 Å². The molecule has 0 amide bonds. The average Bonchev–Trinajstić information content (AvgIpc) is 3.06. The molecule has 6 heteroatoms. The van der Waals surface area contributed by atoms with Crippen molar-refractivity contribution in [1.82, 2.24) is 0 Å². The topological polar surface area (TPSA) is 105 Å². The van der Waals surface area contributed by atoms with Crippen molar-refractivity contribution in [2.75, 3.05) is 14.2 Å². The molecular weight excluding hydrogens is 260 g/mol. The fraction of sp³-hybridized carbons (Fsp3) is 0.857. The Kier molecular flexibility index (Phi) is 6.95. The Labute approximate surface area is 120 Å². The van der Waals surface area contributed by atoms with Gasteiger partial charge in [0, 0.05) is 12.1 Å². The molecule has 2 aliphatic rings. The van der Waals surface area contributed by atoms with Crippen molar-refractivity contribution in [3.63, 3.8) is 0 Å². The lowest BCUT2D eigenvalue weighted by Crippen LogP contribution is -2.31. The van der Waals surface area contributed by atoms with Gasteiger partial charge in [-0.05, 0) is 25.7 Å². The number of esters is 2. The maximum absolute atomic E-state index is 10.9. The van der Waals surface area contributed by atoms with Gasteiger partial charge in [0.25, 0.3) is 0 Å². The highest BCUT2D eigenvalue weighted by molar-refractivity contribution is 5.73. The maximum Gasteiger partial charge on any atom is 0.310 e. The van der Waals surface area contributed by atoms with Gasteiger partial charge in [-0.3, -0.25) is 9.59 Å². The van der Waals surface area contributed by atoms with Gasteiger partial charge in [0.05, 0.1) is 26.1 Å². The zero-order chi connectivity index (χ0) is 15.1. The monoisotopic (exact) mass is 286 g/mol. The number of carbonyl (C=O) groups excluding carboxylic acids is 2. The Morgan fingerprint density at radius 3 is 1.35 bits per heavy atom. The second-order valence-corrected chi connectivity index (χ2v) is 5.45. The molecule has 0 unspecified atom stereocenters. The first-order valence-corrected chi connectivity index (χ1v) is 7.18. The van der Waals surface area contributed by atoms with Crippen LogP contribution in [0, 0.1) is 11.8 Å². The van der Waals surface area contributed by atoms with Crippen molar-refractivity contribution in [3.05, 3.63) is 0 Å². The summed E-state index contributed by atoms with van der Waals surface area (Å²) in [5.74, 6) is -0.370. The molecule has 0 bridgehead atoms. The fourth-order valence-corrected chi connectivity index (χ4v) is 2.87. The molecule has 0 aromatic rings. The van der Waals surface area contributed by atoms with Crippen LogP contribution in [0.4, 0.5) is 0 Å². The molecule has 0 saturated heterocycles. The first-order chi connectivity index (χ1) is 9.51. The van der Waals surface area contributed by atoms with E-state index in [-0.39, 0.29) is 35.9 Å². The summed E-state index contributed by atoms with van der Waals surface area (Å²) in [6, 6.07) is 0.0694. The minimum atomic E-state index is -0.148. The normalized spacial score (nSPS) is 32.2. The van der Waals surface area contributed by atoms with Crippen molar-refractivity contribution in [2.24, 2.45) is 23.3 Å². The van der Waals surface area contributed by atoms with Crippen LogP contribution in [0.25, 0.3) is 0 Å². The second kappa shape index (κ2) is 8.21. The Balaban J connectivity index is 0.000000200. The highest BCUT2D eigenvalue weighted by atomic mass is 16.5. The van der Waals surface area contributed by atoms with Gasteiger partial charge in [-0.1, -0.05) is 12.8 Å². The third kappa shape index (κ3) is 4.45. The van der Waals surface area contributed by atoms with Gasteiger partial charge in [0.2, 0.25) is 0 Å². The molecule has 2 fully saturated rings. The van der Waals surface area contributed by atoms with Gasteiger partial charge >= 0.3 is 11.9 Å². The number of hydrogen-bond donors (Lipinski definition) is 2. The number of rotatable bonds is 2. The van der Waals surface area contributed by atoms with Crippen LogP contribution in [-0.4, -0.2) is 38.2 Å². The predicted octanol–water partition coefficient (Wildman–Crippen LogP) is 0.574. The zero-order valence-corrected chi connectivity index (χ0v) is 12.3. The molecular formula is C14H26N2O4. The molecule has 2 rings (SSSR count). The molecule has 2 saturated carbocycles. The number of carbonyl (C=O) groups is 2. The van der Waals surface area contributed by atoms with Gasteiger partial charge in [-0.2, -0.15) is 0 Å². The van der Waals surface area contributed by atoms with E-state index in [1.807, 2.05) is 0 Å². The molecule has 0 aromatic carbocycles. The average molecular weight is 286 g/mol. The van der Waals surface area contributed by atoms with E-state index in [2.05, 4.69) is 9.47 Å². The van der Waals surface area contributed by atoms with Crippen LogP contribution in [0.15, 0.2) is 0 Å². The Bertz CT molecular complexity index is 303.